The molecule has 1 rings (SSSR count). The Morgan fingerprint density at radius 1 is 1.46 bits per heavy atom. The zero-order valence-corrected chi connectivity index (χ0v) is 8.08. The van der Waals surface area contributed by atoms with Gasteiger partial charge in [-0.25, -0.2) is 0 Å². The quantitative estimate of drug-likeness (QED) is 0.546. The van der Waals surface area contributed by atoms with E-state index in [9.17, 15) is 0 Å². The van der Waals surface area contributed by atoms with Gasteiger partial charge in [-0.3, -0.25) is 11.3 Å². The number of nitrogens with two attached hydrogens (primary N) is 1. The van der Waals surface area contributed by atoms with Crippen molar-refractivity contribution in [2.75, 3.05) is 6.61 Å². The first kappa shape index (κ1) is 10.0. The number of benzene rings is 1. The molecule has 72 valence electrons. The minimum Gasteiger partial charge on any atom is -0.494 e. The highest BCUT2D eigenvalue weighted by atomic mass is 16.5. The first-order valence-corrected chi connectivity index (χ1v) is 4.47. The fraction of sp³-hybridized carbons (Fsp3) is 0.400. The summed E-state index contributed by atoms with van der Waals surface area (Å²) < 4.78 is 5.46. The summed E-state index contributed by atoms with van der Waals surface area (Å²) >= 11 is 0. The molecule has 3 N–H and O–H groups in total. The van der Waals surface area contributed by atoms with Crippen molar-refractivity contribution < 1.29 is 4.74 Å². The van der Waals surface area contributed by atoms with Gasteiger partial charge in [0.2, 0.25) is 0 Å². The molecule has 13 heavy (non-hydrogen) atoms. The van der Waals surface area contributed by atoms with E-state index in [-0.39, 0.29) is 6.04 Å². The van der Waals surface area contributed by atoms with E-state index >= 15 is 0 Å². The summed E-state index contributed by atoms with van der Waals surface area (Å²) in [6, 6.07) is 8.01. The van der Waals surface area contributed by atoms with Crippen LogP contribution in [0.4, 0.5) is 0 Å². The number of para-hydroxylation sites is 1. The number of rotatable bonds is 4. The van der Waals surface area contributed by atoms with Gasteiger partial charge in [0.15, 0.2) is 0 Å². The lowest BCUT2D eigenvalue weighted by Crippen LogP contribution is -2.26. The Labute approximate surface area is 78.9 Å². The van der Waals surface area contributed by atoms with Gasteiger partial charge in [0.05, 0.1) is 6.61 Å². The van der Waals surface area contributed by atoms with Crippen LogP contribution in [-0.2, 0) is 0 Å². The predicted molar refractivity (Wildman–Crippen MR) is 53.3 cm³/mol. The van der Waals surface area contributed by atoms with Crippen molar-refractivity contribution in [3.8, 4) is 5.75 Å². The summed E-state index contributed by atoms with van der Waals surface area (Å²) in [5.41, 5.74) is 3.79. The van der Waals surface area contributed by atoms with Gasteiger partial charge in [-0.15, -0.1) is 0 Å². The second-order valence-electron chi connectivity index (χ2n) is 2.86. The molecule has 1 atom stereocenters. The normalized spacial score (nSPS) is 12.5. The second-order valence-corrected chi connectivity index (χ2v) is 2.86. The summed E-state index contributed by atoms with van der Waals surface area (Å²) in [4.78, 5) is 0. The molecule has 0 fully saturated rings. The summed E-state index contributed by atoms with van der Waals surface area (Å²) in [5.74, 6) is 6.26. The van der Waals surface area contributed by atoms with E-state index in [1.54, 1.807) is 0 Å². The van der Waals surface area contributed by atoms with Crippen LogP contribution in [0.3, 0.4) is 0 Å². The van der Waals surface area contributed by atoms with Crippen molar-refractivity contribution in [1.82, 2.24) is 5.43 Å². The van der Waals surface area contributed by atoms with Crippen molar-refractivity contribution in [3.63, 3.8) is 0 Å². The molecule has 0 aliphatic carbocycles. The molecule has 0 saturated carbocycles. The summed E-state index contributed by atoms with van der Waals surface area (Å²) in [7, 11) is 0. The Hall–Kier alpha value is -1.06. The van der Waals surface area contributed by atoms with Crippen molar-refractivity contribution >= 4 is 0 Å². The molecule has 0 amide bonds. The standard InChI is InChI=1S/C10H16N2O/c1-3-13-10-7-5-4-6-9(10)8(2)12-11/h4-8,12H,3,11H2,1-2H3/t8-/m1/s1. The highest BCUT2D eigenvalue weighted by molar-refractivity contribution is 5.35. The largest absolute Gasteiger partial charge is 0.494 e. The highest BCUT2D eigenvalue weighted by Crippen LogP contribution is 2.23. The van der Waals surface area contributed by atoms with E-state index in [1.165, 1.54) is 0 Å². The third kappa shape index (κ3) is 2.44. The van der Waals surface area contributed by atoms with Crippen molar-refractivity contribution in [2.45, 2.75) is 19.9 Å². The van der Waals surface area contributed by atoms with Crippen molar-refractivity contribution in [3.05, 3.63) is 29.8 Å². The summed E-state index contributed by atoms with van der Waals surface area (Å²) in [5, 5.41) is 0. The van der Waals surface area contributed by atoms with Gasteiger partial charge in [0.1, 0.15) is 5.75 Å². The molecular weight excluding hydrogens is 164 g/mol. The Morgan fingerprint density at radius 2 is 2.15 bits per heavy atom. The highest BCUT2D eigenvalue weighted by Gasteiger charge is 2.08. The predicted octanol–water partition coefficient (Wildman–Crippen LogP) is 1.61. The molecule has 0 radical (unpaired) electrons. The van der Waals surface area contributed by atoms with E-state index < -0.39 is 0 Å². The molecule has 0 spiro atoms. The van der Waals surface area contributed by atoms with E-state index in [4.69, 9.17) is 10.6 Å². The molecule has 0 aromatic heterocycles. The Kier molecular flexibility index (Phi) is 3.73. The van der Waals surface area contributed by atoms with Gasteiger partial charge >= 0.3 is 0 Å². The molecule has 0 heterocycles. The van der Waals surface area contributed by atoms with E-state index in [0.29, 0.717) is 6.61 Å². The second kappa shape index (κ2) is 4.84. The number of hydrazine groups is 1. The van der Waals surface area contributed by atoms with Gasteiger partial charge in [-0.2, -0.15) is 0 Å². The Bertz CT molecular complexity index is 263. The fourth-order valence-corrected chi connectivity index (χ4v) is 1.21. The van der Waals surface area contributed by atoms with Crippen molar-refractivity contribution in [1.29, 1.82) is 0 Å². The molecule has 0 aliphatic heterocycles. The van der Waals surface area contributed by atoms with Gasteiger partial charge in [0, 0.05) is 11.6 Å². The average Bonchev–Trinajstić information content (AvgIpc) is 2.18. The first-order valence-electron chi connectivity index (χ1n) is 4.47. The summed E-state index contributed by atoms with van der Waals surface area (Å²) in [6.07, 6.45) is 0. The first-order chi connectivity index (χ1) is 6.29. The smallest absolute Gasteiger partial charge is 0.124 e. The minimum absolute atomic E-state index is 0.114. The maximum Gasteiger partial charge on any atom is 0.124 e. The van der Waals surface area contributed by atoms with Gasteiger partial charge in [-0.1, -0.05) is 18.2 Å². The molecule has 3 nitrogen and oxygen atoms in total. The van der Waals surface area contributed by atoms with Crippen LogP contribution in [0.2, 0.25) is 0 Å². The molecular formula is C10H16N2O. The lowest BCUT2D eigenvalue weighted by Gasteiger charge is -2.15. The number of hydrogen-bond acceptors (Lipinski definition) is 3. The Balaban J connectivity index is 2.90. The SMILES string of the molecule is CCOc1ccccc1[C@@H](C)NN. The van der Waals surface area contributed by atoms with Crippen LogP contribution < -0.4 is 16.0 Å². The molecule has 0 aliphatic rings. The lowest BCUT2D eigenvalue weighted by atomic mass is 10.1. The number of ether oxygens (including phenoxy) is 1. The van der Waals surface area contributed by atoms with Crippen molar-refractivity contribution in [2.24, 2.45) is 5.84 Å². The molecule has 1 aromatic carbocycles. The Morgan fingerprint density at radius 3 is 2.77 bits per heavy atom. The van der Waals surface area contributed by atoms with Crippen LogP contribution >= 0.6 is 0 Å². The van der Waals surface area contributed by atoms with Gasteiger partial charge in [0.25, 0.3) is 0 Å². The molecule has 3 heteroatoms. The third-order valence-electron chi connectivity index (χ3n) is 1.94. The van der Waals surface area contributed by atoms with Gasteiger partial charge < -0.3 is 4.74 Å². The maximum absolute atomic E-state index is 5.46. The van der Waals surface area contributed by atoms with E-state index in [2.05, 4.69) is 5.43 Å². The van der Waals surface area contributed by atoms with E-state index in [0.717, 1.165) is 11.3 Å². The van der Waals surface area contributed by atoms with Crippen LogP contribution in [0, 0.1) is 0 Å². The van der Waals surface area contributed by atoms with Crippen LogP contribution in [0.5, 0.6) is 5.75 Å². The van der Waals surface area contributed by atoms with E-state index in [1.807, 2.05) is 38.1 Å². The monoisotopic (exact) mass is 180 g/mol. The lowest BCUT2D eigenvalue weighted by molar-refractivity contribution is 0.332. The summed E-state index contributed by atoms with van der Waals surface area (Å²) in [6.45, 7) is 4.64. The molecule has 0 unspecified atom stereocenters. The van der Waals surface area contributed by atoms with Crippen LogP contribution in [-0.4, -0.2) is 6.61 Å². The average molecular weight is 180 g/mol. The number of hydrogen-bond donors (Lipinski definition) is 2. The fourth-order valence-electron chi connectivity index (χ4n) is 1.21. The van der Waals surface area contributed by atoms with Crippen LogP contribution in [0.1, 0.15) is 25.5 Å². The van der Waals surface area contributed by atoms with Crippen LogP contribution in [0.25, 0.3) is 0 Å². The maximum atomic E-state index is 5.46. The van der Waals surface area contributed by atoms with Gasteiger partial charge in [-0.05, 0) is 19.9 Å². The molecule has 0 saturated heterocycles. The zero-order chi connectivity index (χ0) is 9.68. The van der Waals surface area contributed by atoms with Crippen LogP contribution in [0.15, 0.2) is 24.3 Å². The number of nitrogens with one attached hydrogen (secondary N) is 1. The third-order valence-corrected chi connectivity index (χ3v) is 1.94. The zero-order valence-electron chi connectivity index (χ0n) is 8.08. The minimum atomic E-state index is 0.114. The molecule has 0 bridgehead atoms. The topological polar surface area (TPSA) is 47.3 Å². The molecule has 1 aromatic rings.